The van der Waals surface area contributed by atoms with Crippen molar-refractivity contribution in [3.05, 3.63) is 24.0 Å². The molecule has 160 valence electrons. The smallest absolute Gasteiger partial charge is 0.321 e. The van der Waals surface area contributed by atoms with E-state index >= 15 is 0 Å². The summed E-state index contributed by atoms with van der Waals surface area (Å²) in [5.74, 6) is -0.260. The Hall–Kier alpha value is -1.82. The number of likely N-dealkylation sites (tertiary alicyclic amines) is 2. The Labute approximate surface area is 174 Å². The van der Waals surface area contributed by atoms with Crippen LogP contribution >= 0.6 is 0 Å². The van der Waals surface area contributed by atoms with Gasteiger partial charge in [-0.25, -0.2) is 9.18 Å². The molecule has 1 saturated carbocycles. The van der Waals surface area contributed by atoms with Crippen molar-refractivity contribution in [2.24, 2.45) is 0 Å². The van der Waals surface area contributed by atoms with Crippen molar-refractivity contribution in [1.82, 2.24) is 9.80 Å². The number of urea groups is 1. The predicted molar refractivity (Wildman–Crippen MR) is 116 cm³/mol. The van der Waals surface area contributed by atoms with Crippen LogP contribution in [-0.2, 0) is 0 Å². The van der Waals surface area contributed by atoms with Gasteiger partial charge in [0.25, 0.3) is 0 Å². The van der Waals surface area contributed by atoms with E-state index in [1.807, 2.05) is 24.1 Å². The van der Waals surface area contributed by atoms with Crippen LogP contribution in [0.25, 0.3) is 0 Å². The van der Waals surface area contributed by atoms with Crippen molar-refractivity contribution in [1.29, 1.82) is 0 Å². The van der Waals surface area contributed by atoms with Gasteiger partial charge in [-0.2, -0.15) is 0 Å². The van der Waals surface area contributed by atoms with Gasteiger partial charge in [-0.05, 0) is 69.8 Å². The molecule has 3 fully saturated rings. The van der Waals surface area contributed by atoms with Crippen LogP contribution in [0, 0.1) is 5.82 Å². The molecule has 2 aliphatic heterocycles. The van der Waals surface area contributed by atoms with E-state index in [4.69, 9.17) is 0 Å². The van der Waals surface area contributed by atoms with Crippen LogP contribution < -0.4 is 10.2 Å². The van der Waals surface area contributed by atoms with Gasteiger partial charge in [0.05, 0.1) is 5.69 Å². The lowest BCUT2D eigenvalue weighted by atomic mass is 9.94. The fourth-order valence-electron chi connectivity index (χ4n) is 5.28. The molecule has 2 saturated heterocycles. The Kier molecular flexibility index (Phi) is 6.58. The molecule has 0 radical (unpaired) electrons. The minimum Gasteiger partial charge on any atom is -0.369 e. The van der Waals surface area contributed by atoms with Crippen molar-refractivity contribution in [2.45, 2.75) is 69.9 Å². The second-order valence-electron chi connectivity index (χ2n) is 8.98. The molecule has 1 unspecified atom stereocenters. The van der Waals surface area contributed by atoms with E-state index in [1.54, 1.807) is 0 Å². The van der Waals surface area contributed by atoms with Crippen LogP contribution in [0.3, 0.4) is 0 Å². The molecular weight excluding hydrogens is 367 g/mol. The fraction of sp³-hybridized carbons (Fsp3) is 0.696. The van der Waals surface area contributed by atoms with E-state index in [9.17, 15) is 9.18 Å². The number of carbonyl (C=O) groups excluding carboxylic acids is 1. The molecule has 4 rings (SSSR count). The predicted octanol–water partition coefficient (Wildman–Crippen LogP) is 4.69. The number of amides is 2. The number of nitrogens with one attached hydrogen (secondary N) is 1. The third kappa shape index (κ3) is 4.85. The summed E-state index contributed by atoms with van der Waals surface area (Å²) in [7, 11) is 1.99. The SMILES string of the molecule is CN(c1ccc(NC(=O)N2CCCC(N3CCCC3)C2)cc1F)C1CCCCC1. The van der Waals surface area contributed by atoms with Gasteiger partial charge in [0.2, 0.25) is 0 Å². The Bertz CT molecular complexity index is 700. The number of benzene rings is 1. The number of hydrogen-bond acceptors (Lipinski definition) is 3. The second kappa shape index (κ2) is 9.33. The third-order valence-electron chi connectivity index (χ3n) is 7.04. The first-order chi connectivity index (χ1) is 14.1. The van der Waals surface area contributed by atoms with Crippen LogP contribution in [0.4, 0.5) is 20.6 Å². The lowest BCUT2D eigenvalue weighted by Crippen LogP contribution is -2.50. The number of anilines is 2. The molecule has 2 amide bonds. The molecule has 5 nitrogen and oxygen atoms in total. The highest BCUT2D eigenvalue weighted by atomic mass is 19.1. The van der Waals surface area contributed by atoms with Gasteiger partial charge in [0.1, 0.15) is 5.82 Å². The van der Waals surface area contributed by atoms with Crippen molar-refractivity contribution >= 4 is 17.4 Å². The molecule has 3 aliphatic rings. The maximum atomic E-state index is 14.8. The highest BCUT2D eigenvalue weighted by Crippen LogP contribution is 2.29. The molecule has 1 N–H and O–H groups in total. The summed E-state index contributed by atoms with van der Waals surface area (Å²) < 4.78 is 14.8. The van der Waals surface area contributed by atoms with E-state index in [0.29, 0.717) is 23.5 Å². The van der Waals surface area contributed by atoms with E-state index in [1.165, 1.54) is 44.6 Å². The van der Waals surface area contributed by atoms with Crippen LogP contribution in [-0.4, -0.2) is 61.1 Å². The van der Waals surface area contributed by atoms with Crippen LogP contribution in [0.5, 0.6) is 0 Å². The third-order valence-corrected chi connectivity index (χ3v) is 7.04. The summed E-state index contributed by atoms with van der Waals surface area (Å²) in [4.78, 5) is 19.3. The van der Waals surface area contributed by atoms with Crippen molar-refractivity contribution in [2.75, 3.05) is 43.4 Å². The van der Waals surface area contributed by atoms with E-state index in [-0.39, 0.29) is 11.8 Å². The zero-order valence-corrected chi connectivity index (χ0v) is 17.7. The van der Waals surface area contributed by atoms with Gasteiger partial charge in [-0.3, -0.25) is 4.90 Å². The molecule has 1 atom stereocenters. The summed E-state index contributed by atoms with van der Waals surface area (Å²) in [6.07, 6.45) is 10.7. The van der Waals surface area contributed by atoms with Gasteiger partial charge >= 0.3 is 6.03 Å². The zero-order chi connectivity index (χ0) is 20.2. The van der Waals surface area contributed by atoms with Gasteiger partial charge in [0.15, 0.2) is 0 Å². The molecule has 0 aromatic heterocycles. The van der Waals surface area contributed by atoms with Crippen LogP contribution in [0.15, 0.2) is 18.2 Å². The quantitative estimate of drug-likeness (QED) is 0.794. The van der Waals surface area contributed by atoms with Gasteiger partial charge in [-0.15, -0.1) is 0 Å². The molecule has 1 aliphatic carbocycles. The molecule has 1 aromatic rings. The Morgan fingerprint density at radius 2 is 1.79 bits per heavy atom. The summed E-state index contributed by atoms with van der Waals surface area (Å²) in [6.45, 7) is 3.86. The summed E-state index contributed by atoms with van der Waals surface area (Å²) >= 11 is 0. The van der Waals surface area contributed by atoms with Crippen molar-refractivity contribution < 1.29 is 9.18 Å². The number of halogens is 1. The Balaban J connectivity index is 1.36. The van der Waals surface area contributed by atoms with E-state index < -0.39 is 0 Å². The number of carbonyl (C=O) groups is 1. The molecular formula is C23H35FN4O. The summed E-state index contributed by atoms with van der Waals surface area (Å²) in [6, 6.07) is 5.88. The monoisotopic (exact) mass is 402 g/mol. The van der Waals surface area contributed by atoms with E-state index in [0.717, 1.165) is 45.4 Å². The van der Waals surface area contributed by atoms with Gasteiger partial charge in [-0.1, -0.05) is 19.3 Å². The number of piperidine rings is 1. The summed E-state index contributed by atoms with van der Waals surface area (Å²) in [5.41, 5.74) is 1.17. The largest absolute Gasteiger partial charge is 0.369 e. The number of nitrogens with zero attached hydrogens (tertiary/aromatic N) is 3. The van der Waals surface area contributed by atoms with Gasteiger partial charge < -0.3 is 15.1 Å². The minimum atomic E-state index is -0.260. The average molecular weight is 403 g/mol. The first-order valence-corrected chi connectivity index (χ1v) is 11.4. The Morgan fingerprint density at radius 1 is 1.03 bits per heavy atom. The van der Waals surface area contributed by atoms with E-state index in [2.05, 4.69) is 15.1 Å². The standard InChI is InChI=1S/C23H35FN4O/c1-26(19-8-3-2-4-9-19)22-12-11-18(16-21(22)24)25-23(29)28-15-7-10-20(17-28)27-13-5-6-14-27/h11-12,16,19-20H,2-10,13-15,17H2,1H3,(H,25,29). The highest BCUT2D eigenvalue weighted by molar-refractivity contribution is 5.89. The molecule has 1 aromatic carbocycles. The second-order valence-corrected chi connectivity index (χ2v) is 8.98. The maximum absolute atomic E-state index is 14.8. The normalized spacial score (nSPS) is 23.9. The zero-order valence-electron chi connectivity index (χ0n) is 17.7. The molecule has 0 spiro atoms. The molecule has 0 bridgehead atoms. The summed E-state index contributed by atoms with van der Waals surface area (Å²) in [5, 5.41) is 2.92. The maximum Gasteiger partial charge on any atom is 0.321 e. The van der Waals surface area contributed by atoms with Crippen molar-refractivity contribution in [3.63, 3.8) is 0 Å². The van der Waals surface area contributed by atoms with Crippen LogP contribution in [0.2, 0.25) is 0 Å². The Morgan fingerprint density at radius 3 is 2.52 bits per heavy atom. The topological polar surface area (TPSA) is 38.8 Å². The molecule has 6 heteroatoms. The molecule has 29 heavy (non-hydrogen) atoms. The molecule has 2 heterocycles. The van der Waals surface area contributed by atoms with Crippen molar-refractivity contribution in [3.8, 4) is 0 Å². The minimum absolute atomic E-state index is 0.110. The fourth-order valence-corrected chi connectivity index (χ4v) is 5.28. The lowest BCUT2D eigenvalue weighted by molar-refractivity contribution is 0.132. The average Bonchev–Trinajstić information content (AvgIpc) is 3.29. The number of hydrogen-bond donors (Lipinski definition) is 1. The lowest BCUT2D eigenvalue weighted by Gasteiger charge is -2.37. The first kappa shape index (κ1) is 20.5. The van der Waals surface area contributed by atoms with Gasteiger partial charge in [0, 0.05) is 37.9 Å². The highest BCUT2D eigenvalue weighted by Gasteiger charge is 2.29. The van der Waals surface area contributed by atoms with Crippen LogP contribution in [0.1, 0.15) is 57.8 Å². The number of rotatable bonds is 4. The first-order valence-electron chi connectivity index (χ1n) is 11.4.